The Bertz CT molecular complexity index is 1910. The molecule has 0 bridgehead atoms. The summed E-state index contributed by atoms with van der Waals surface area (Å²) in [6.45, 7) is 3.25. The topological polar surface area (TPSA) is 214 Å². The lowest BCUT2D eigenvalue weighted by atomic mass is 9.98. The van der Waals surface area contributed by atoms with Gasteiger partial charge in [0, 0.05) is 13.0 Å². The largest absolute Gasteiger partial charge is 0.457 e. The van der Waals surface area contributed by atoms with Crippen molar-refractivity contribution in [3.8, 4) is 0 Å². The Hall–Kier alpha value is -4.39. The van der Waals surface area contributed by atoms with Gasteiger partial charge in [-0.15, -0.1) is 0 Å². The Morgan fingerprint density at radius 2 is 0.785 bits per heavy atom. The lowest BCUT2D eigenvalue weighted by molar-refractivity contribution is -0.332. The van der Waals surface area contributed by atoms with Gasteiger partial charge < -0.3 is 64.2 Å². The van der Waals surface area contributed by atoms with Gasteiger partial charge in [-0.3, -0.25) is 4.79 Å². The predicted molar refractivity (Wildman–Crippen MR) is 316 cm³/mol. The zero-order chi connectivity index (χ0) is 57.2. The molecular formula is C65H100O14. The minimum Gasteiger partial charge on any atom is -0.457 e. The highest BCUT2D eigenvalue weighted by molar-refractivity contribution is 5.69. The van der Waals surface area contributed by atoms with E-state index in [0.717, 1.165) is 116 Å². The molecule has 11 unspecified atom stereocenters. The first-order valence-electron chi connectivity index (χ1n) is 29.1. The van der Waals surface area contributed by atoms with Crippen molar-refractivity contribution in [1.82, 2.24) is 0 Å². The second-order valence-electron chi connectivity index (χ2n) is 19.3. The molecule has 2 saturated heterocycles. The van der Waals surface area contributed by atoms with E-state index in [1.54, 1.807) is 0 Å². The third-order valence-corrected chi connectivity index (χ3v) is 12.5. The molecule has 0 aliphatic carbocycles. The maximum atomic E-state index is 13.0. The van der Waals surface area contributed by atoms with Crippen LogP contribution in [0, 0.1) is 0 Å². The number of esters is 1. The number of aliphatic hydroxyl groups is 7. The molecule has 0 radical (unpaired) electrons. The molecule has 0 amide bonds. The molecule has 79 heavy (non-hydrogen) atoms. The second kappa shape index (κ2) is 49.4. The van der Waals surface area contributed by atoms with E-state index in [1.165, 1.54) is 0 Å². The molecule has 2 rings (SSSR count). The number of unbranched alkanes of at least 4 members (excludes halogenated alkanes) is 4. The Morgan fingerprint density at radius 1 is 0.418 bits per heavy atom. The fourth-order valence-corrected chi connectivity index (χ4v) is 7.94. The summed E-state index contributed by atoms with van der Waals surface area (Å²) >= 11 is 0. The number of hydrogen-bond acceptors (Lipinski definition) is 14. The lowest BCUT2D eigenvalue weighted by Crippen LogP contribution is -2.61. The summed E-state index contributed by atoms with van der Waals surface area (Å²) < 4.78 is 34.2. The number of rotatable bonds is 44. The van der Waals surface area contributed by atoms with Gasteiger partial charge in [0.05, 0.1) is 26.4 Å². The average molecular weight is 1110 g/mol. The molecular weight excluding hydrogens is 1000 g/mol. The van der Waals surface area contributed by atoms with Crippen molar-refractivity contribution in [2.75, 3.05) is 33.0 Å². The van der Waals surface area contributed by atoms with Crippen LogP contribution in [0.15, 0.2) is 158 Å². The summed E-state index contributed by atoms with van der Waals surface area (Å²) in [6.07, 6.45) is 57.4. The first-order chi connectivity index (χ1) is 38.6. The minimum absolute atomic E-state index is 0.000624. The molecule has 0 aromatic rings. The molecule has 2 fully saturated rings. The third kappa shape index (κ3) is 35.9. The highest BCUT2D eigenvalue weighted by Gasteiger charge is 2.47. The zero-order valence-electron chi connectivity index (χ0n) is 47.5. The second-order valence-corrected chi connectivity index (χ2v) is 19.3. The minimum atomic E-state index is -1.74. The summed E-state index contributed by atoms with van der Waals surface area (Å²) in [7, 11) is 0. The van der Waals surface area contributed by atoms with Crippen LogP contribution in [0.3, 0.4) is 0 Å². The Balaban J connectivity index is 1.77. The normalized spacial score (nSPS) is 25.2. The van der Waals surface area contributed by atoms with Crippen LogP contribution in [0.2, 0.25) is 0 Å². The molecule has 2 aliphatic heterocycles. The highest BCUT2D eigenvalue weighted by atomic mass is 16.7. The Morgan fingerprint density at radius 3 is 1.22 bits per heavy atom. The van der Waals surface area contributed by atoms with Crippen LogP contribution in [-0.2, 0) is 33.2 Å². The van der Waals surface area contributed by atoms with Gasteiger partial charge in [-0.2, -0.15) is 0 Å². The fraction of sp³-hybridized carbons (Fsp3) is 0.585. The lowest BCUT2D eigenvalue weighted by Gasteiger charge is -2.42. The molecule has 0 spiro atoms. The van der Waals surface area contributed by atoms with E-state index >= 15 is 0 Å². The van der Waals surface area contributed by atoms with Crippen LogP contribution in [0.25, 0.3) is 0 Å². The number of carbonyl (C=O) groups is 1. The van der Waals surface area contributed by atoms with Crippen molar-refractivity contribution in [2.24, 2.45) is 0 Å². The van der Waals surface area contributed by atoms with Crippen molar-refractivity contribution in [1.29, 1.82) is 0 Å². The van der Waals surface area contributed by atoms with Crippen LogP contribution in [-0.4, -0.2) is 142 Å². The van der Waals surface area contributed by atoms with Crippen LogP contribution in [0.1, 0.15) is 142 Å². The number of allylic oxidation sites excluding steroid dienone is 26. The van der Waals surface area contributed by atoms with Crippen LogP contribution in [0.4, 0.5) is 0 Å². The molecule has 14 heteroatoms. The maximum Gasteiger partial charge on any atom is 0.306 e. The summed E-state index contributed by atoms with van der Waals surface area (Å²) in [4.78, 5) is 13.0. The van der Waals surface area contributed by atoms with Crippen LogP contribution < -0.4 is 0 Å². The summed E-state index contributed by atoms with van der Waals surface area (Å²) in [6, 6.07) is 0. The van der Waals surface area contributed by atoms with Gasteiger partial charge in [0.1, 0.15) is 54.9 Å². The summed E-state index contributed by atoms with van der Waals surface area (Å²) in [5.74, 6) is -0.475. The monoisotopic (exact) mass is 1100 g/mol. The van der Waals surface area contributed by atoms with Gasteiger partial charge in [-0.1, -0.05) is 185 Å². The molecule has 14 nitrogen and oxygen atoms in total. The van der Waals surface area contributed by atoms with Gasteiger partial charge >= 0.3 is 5.97 Å². The number of ether oxygens (including phenoxy) is 6. The van der Waals surface area contributed by atoms with Crippen molar-refractivity contribution >= 4 is 5.97 Å². The van der Waals surface area contributed by atoms with Gasteiger partial charge in [-0.05, 0) is 109 Å². The molecule has 0 saturated carbocycles. The van der Waals surface area contributed by atoms with Gasteiger partial charge in [0.2, 0.25) is 0 Å². The van der Waals surface area contributed by atoms with Crippen molar-refractivity contribution in [3.63, 3.8) is 0 Å². The number of carbonyl (C=O) groups excluding carboxylic acids is 1. The summed E-state index contributed by atoms with van der Waals surface area (Å²) in [5.41, 5.74) is 0. The molecule has 11 atom stereocenters. The Labute approximate surface area is 474 Å². The highest BCUT2D eigenvalue weighted by Crippen LogP contribution is 2.26. The van der Waals surface area contributed by atoms with Crippen molar-refractivity contribution in [3.05, 3.63) is 158 Å². The van der Waals surface area contributed by atoms with Crippen molar-refractivity contribution in [2.45, 2.75) is 210 Å². The molecule has 2 aliphatic rings. The van der Waals surface area contributed by atoms with E-state index in [2.05, 4.69) is 160 Å². The SMILES string of the molecule is CC/C=C\C/C=C\C/C=C\C/C=C\C/C=C\C/C=C\C/C=C\CCCCCCOCC(COC1OC(COC2OC(CO)C(O)C(O)C2O)C(O)C(O)C1O)OC(=O)CC/C=C\C/C=C\C/C=C\C/C=C\C/C=C\C/C=C\CC. The van der Waals surface area contributed by atoms with Gasteiger partial charge in [-0.25, -0.2) is 0 Å². The van der Waals surface area contributed by atoms with Crippen LogP contribution in [0.5, 0.6) is 0 Å². The van der Waals surface area contributed by atoms with Gasteiger partial charge in [0.15, 0.2) is 12.6 Å². The van der Waals surface area contributed by atoms with E-state index < -0.39 is 86.7 Å². The number of aliphatic hydroxyl groups excluding tert-OH is 7. The molecule has 0 aromatic heterocycles. The molecule has 7 N–H and O–H groups in total. The molecule has 0 aromatic carbocycles. The zero-order valence-corrected chi connectivity index (χ0v) is 47.5. The Kier molecular flexibility index (Phi) is 44.2. The average Bonchev–Trinajstić information content (AvgIpc) is 3.46. The van der Waals surface area contributed by atoms with E-state index in [9.17, 15) is 40.5 Å². The quantitative estimate of drug-likeness (QED) is 0.0172. The van der Waals surface area contributed by atoms with E-state index in [1.807, 2.05) is 12.2 Å². The fourth-order valence-electron chi connectivity index (χ4n) is 7.94. The number of hydrogen-bond donors (Lipinski definition) is 7. The third-order valence-electron chi connectivity index (χ3n) is 12.5. The molecule has 2 heterocycles. The van der Waals surface area contributed by atoms with Crippen molar-refractivity contribution < 1.29 is 69.0 Å². The van der Waals surface area contributed by atoms with Crippen LogP contribution >= 0.6 is 0 Å². The predicted octanol–water partition coefficient (Wildman–Crippen LogP) is 10.6. The van der Waals surface area contributed by atoms with E-state index in [0.29, 0.717) is 13.0 Å². The first kappa shape index (κ1) is 70.7. The summed E-state index contributed by atoms with van der Waals surface area (Å²) in [5, 5.41) is 72.4. The standard InChI is InChI=1S/C65H100O14/c1-3-5-7-9-11-13-15-17-19-21-23-24-25-26-27-28-29-31-33-35-37-39-41-43-45-47-49-74-51-54(77-57(67)48-46-44-42-40-38-36-34-32-30-22-20-18-16-14-12-10-8-6-4-2)52-75-64-63(73)61(71)59(69)56(79-64)53-76-65-62(72)60(70)58(68)55(50-66)78-65/h5-8,11-14,17-20,23-24,26-27,29-32,35-38,42,44,54-56,58-66,68-73H,3-4,9-10,15-16,21-22,25,28,33-34,39-41,43,45-53H2,1-2H3/b7-5-,8-6-,13-11-,14-12-,19-17-,20-18-,24-23-,27-26-,31-29-,32-30-,37-35-,38-36-,44-42-. The maximum absolute atomic E-state index is 13.0. The first-order valence-corrected chi connectivity index (χ1v) is 29.1. The molecule has 444 valence electrons. The van der Waals surface area contributed by atoms with E-state index in [-0.39, 0.29) is 19.6 Å². The van der Waals surface area contributed by atoms with E-state index in [4.69, 9.17) is 28.4 Å². The smallest absolute Gasteiger partial charge is 0.306 e. The van der Waals surface area contributed by atoms with Gasteiger partial charge in [0.25, 0.3) is 0 Å².